The van der Waals surface area contributed by atoms with Crippen LogP contribution < -0.4 is 14.4 Å². The van der Waals surface area contributed by atoms with E-state index in [1.807, 2.05) is 20.8 Å². The van der Waals surface area contributed by atoms with E-state index < -0.39 is 28.5 Å². The van der Waals surface area contributed by atoms with Crippen LogP contribution >= 0.6 is 11.6 Å². The van der Waals surface area contributed by atoms with Crippen molar-refractivity contribution in [1.82, 2.24) is 10.2 Å². The fraction of sp³-hybridized carbons (Fsp3) is 0.310. The summed E-state index contributed by atoms with van der Waals surface area (Å²) >= 11 is 6.42. The molecule has 0 aliphatic carbocycles. The van der Waals surface area contributed by atoms with Gasteiger partial charge >= 0.3 is 0 Å². The molecule has 0 saturated heterocycles. The van der Waals surface area contributed by atoms with Crippen molar-refractivity contribution in [3.8, 4) is 5.75 Å². The molecule has 0 aromatic heterocycles. The molecular weight excluding hydrogens is 538 g/mol. The van der Waals surface area contributed by atoms with Gasteiger partial charge in [-0.15, -0.1) is 0 Å². The lowest BCUT2D eigenvalue weighted by Crippen LogP contribution is -2.53. The van der Waals surface area contributed by atoms with Crippen molar-refractivity contribution in [3.05, 3.63) is 89.4 Å². The van der Waals surface area contributed by atoms with Crippen molar-refractivity contribution in [3.63, 3.8) is 0 Å². The minimum atomic E-state index is -4.17. The third-order valence-corrected chi connectivity index (χ3v) is 8.15. The number of methoxy groups -OCH3 is 1. The molecule has 0 aliphatic rings. The number of anilines is 1. The van der Waals surface area contributed by atoms with E-state index in [0.717, 1.165) is 9.87 Å². The fourth-order valence-electron chi connectivity index (χ4n) is 4.11. The van der Waals surface area contributed by atoms with Crippen LogP contribution in [0.25, 0.3) is 0 Å². The summed E-state index contributed by atoms with van der Waals surface area (Å²) in [6.45, 7) is 5.03. The van der Waals surface area contributed by atoms with Gasteiger partial charge in [-0.3, -0.25) is 13.9 Å². The van der Waals surface area contributed by atoms with Crippen molar-refractivity contribution in [1.29, 1.82) is 0 Å². The highest BCUT2D eigenvalue weighted by Crippen LogP contribution is 2.31. The Hall–Kier alpha value is -3.56. The molecule has 1 N–H and O–H groups in total. The standard InChI is InChI=1S/C29H34ClN3O5S/c1-5-26(29(35)31-21(2)3)32(19-22-15-17-23(38-4)18-16-22)28(34)20-33(27-14-10-9-13-25(27)30)39(36,37)24-11-7-6-8-12-24/h6-18,21,26H,5,19-20H2,1-4H3,(H,31,35)/t26-/m1/s1. The van der Waals surface area contributed by atoms with E-state index in [4.69, 9.17) is 16.3 Å². The minimum Gasteiger partial charge on any atom is -0.497 e. The van der Waals surface area contributed by atoms with E-state index in [9.17, 15) is 18.0 Å². The predicted octanol–water partition coefficient (Wildman–Crippen LogP) is 4.88. The molecule has 1 atom stereocenters. The highest BCUT2D eigenvalue weighted by molar-refractivity contribution is 7.92. The van der Waals surface area contributed by atoms with Crippen LogP contribution in [0, 0.1) is 0 Å². The molecule has 0 bridgehead atoms. The van der Waals surface area contributed by atoms with Crippen LogP contribution in [0.3, 0.4) is 0 Å². The van der Waals surface area contributed by atoms with Crippen LogP contribution in [0.15, 0.2) is 83.8 Å². The molecular formula is C29H34ClN3O5S. The largest absolute Gasteiger partial charge is 0.497 e. The van der Waals surface area contributed by atoms with E-state index in [1.54, 1.807) is 73.8 Å². The molecule has 0 saturated carbocycles. The van der Waals surface area contributed by atoms with Gasteiger partial charge in [0.2, 0.25) is 11.8 Å². The molecule has 39 heavy (non-hydrogen) atoms. The van der Waals surface area contributed by atoms with Gasteiger partial charge in [-0.1, -0.05) is 61.0 Å². The number of sulfonamides is 1. The van der Waals surface area contributed by atoms with E-state index >= 15 is 0 Å². The smallest absolute Gasteiger partial charge is 0.264 e. The second-order valence-corrected chi connectivity index (χ2v) is 11.5. The van der Waals surface area contributed by atoms with Crippen LogP contribution in [0.2, 0.25) is 5.02 Å². The zero-order valence-corrected chi connectivity index (χ0v) is 24.1. The molecule has 10 heteroatoms. The summed E-state index contributed by atoms with van der Waals surface area (Å²) < 4.78 is 33.8. The Morgan fingerprint density at radius 1 is 0.949 bits per heavy atom. The number of rotatable bonds is 12. The van der Waals surface area contributed by atoms with E-state index in [1.165, 1.54) is 17.0 Å². The zero-order chi connectivity index (χ0) is 28.6. The van der Waals surface area contributed by atoms with Gasteiger partial charge in [0.15, 0.2) is 0 Å². The van der Waals surface area contributed by atoms with Gasteiger partial charge in [0.1, 0.15) is 18.3 Å². The molecule has 3 rings (SSSR count). The molecule has 0 spiro atoms. The molecule has 0 heterocycles. The maximum Gasteiger partial charge on any atom is 0.264 e. The van der Waals surface area contributed by atoms with Gasteiger partial charge in [0.05, 0.1) is 22.7 Å². The first kappa shape index (κ1) is 30.0. The highest BCUT2D eigenvalue weighted by atomic mass is 35.5. The Morgan fingerprint density at radius 3 is 2.13 bits per heavy atom. The molecule has 2 amide bonds. The number of para-hydroxylation sites is 1. The quantitative estimate of drug-likeness (QED) is 0.334. The number of amides is 2. The van der Waals surface area contributed by atoms with Gasteiger partial charge in [-0.05, 0) is 62.2 Å². The average Bonchev–Trinajstić information content (AvgIpc) is 2.92. The zero-order valence-electron chi connectivity index (χ0n) is 22.5. The first-order chi connectivity index (χ1) is 18.6. The summed E-state index contributed by atoms with van der Waals surface area (Å²) in [5.74, 6) is -0.208. The Labute approximate surface area is 235 Å². The molecule has 0 unspecified atom stereocenters. The SMILES string of the molecule is CC[C@H](C(=O)NC(C)C)N(Cc1ccc(OC)cc1)C(=O)CN(c1ccccc1Cl)S(=O)(=O)c1ccccc1. The maximum absolute atomic E-state index is 14.0. The van der Waals surface area contributed by atoms with Gasteiger partial charge < -0.3 is 15.0 Å². The second-order valence-electron chi connectivity index (χ2n) is 9.23. The van der Waals surface area contributed by atoms with Gasteiger partial charge in [0.25, 0.3) is 10.0 Å². The maximum atomic E-state index is 14.0. The second kappa shape index (κ2) is 13.5. The molecule has 8 nitrogen and oxygen atoms in total. The van der Waals surface area contributed by atoms with Crippen LogP contribution in [0.5, 0.6) is 5.75 Å². The highest BCUT2D eigenvalue weighted by Gasteiger charge is 2.34. The molecule has 3 aromatic carbocycles. The molecule has 0 radical (unpaired) electrons. The number of hydrogen-bond acceptors (Lipinski definition) is 5. The normalized spacial score (nSPS) is 12.1. The van der Waals surface area contributed by atoms with Gasteiger partial charge in [-0.2, -0.15) is 0 Å². The van der Waals surface area contributed by atoms with Crippen molar-refractivity contribution < 1.29 is 22.7 Å². The summed E-state index contributed by atoms with van der Waals surface area (Å²) in [5.41, 5.74) is 0.926. The van der Waals surface area contributed by atoms with Crippen molar-refractivity contribution in [2.24, 2.45) is 0 Å². The summed E-state index contributed by atoms with van der Waals surface area (Å²) in [6, 6.07) is 20.5. The predicted molar refractivity (Wildman–Crippen MR) is 153 cm³/mol. The molecule has 3 aromatic rings. The third kappa shape index (κ3) is 7.52. The van der Waals surface area contributed by atoms with E-state index in [2.05, 4.69) is 5.32 Å². The van der Waals surface area contributed by atoms with Crippen LogP contribution in [0.1, 0.15) is 32.8 Å². The number of halogens is 1. The summed E-state index contributed by atoms with van der Waals surface area (Å²) in [6.07, 6.45) is 0.331. The fourth-order valence-corrected chi connectivity index (χ4v) is 5.86. The summed E-state index contributed by atoms with van der Waals surface area (Å²) in [4.78, 5) is 28.6. The Bertz CT molecular complexity index is 1370. The Morgan fingerprint density at radius 2 is 1.56 bits per heavy atom. The van der Waals surface area contributed by atoms with Crippen molar-refractivity contribution >= 4 is 39.1 Å². The number of carbonyl (C=O) groups is 2. The lowest BCUT2D eigenvalue weighted by Gasteiger charge is -2.33. The number of nitrogens with zero attached hydrogens (tertiary/aromatic N) is 2. The minimum absolute atomic E-state index is 0.0176. The number of benzene rings is 3. The van der Waals surface area contributed by atoms with Gasteiger partial charge in [0, 0.05) is 12.6 Å². The third-order valence-electron chi connectivity index (χ3n) is 6.06. The number of hydrogen-bond donors (Lipinski definition) is 1. The Balaban J connectivity index is 2.05. The first-order valence-electron chi connectivity index (χ1n) is 12.6. The molecule has 208 valence electrons. The number of ether oxygens (including phenoxy) is 1. The lowest BCUT2D eigenvalue weighted by molar-refractivity contribution is -0.140. The number of nitrogens with one attached hydrogen (secondary N) is 1. The Kier molecular flexibility index (Phi) is 10.4. The molecule has 0 fully saturated rings. The summed E-state index contributed by atoms with van der Waals surface area (Å²) in [5, 5.41) is 3.05. The summed E-state index contributed by atoms with van der Waals surface area (Å²) in [7, 11) is -2.61. The van der Waals surface area contributed by atoms with Crippen LogP contribution in [-0.4, -0.2) is 50.9 Å². The first-order valence-corrected chi connectivity index (χ1v) is 14.4. The van der Waals surface area contributed by atoms with Crippen LogP contribution in [0.4, 0.5) is 5.69 Å². The number of carbonyl (C=O) groups excluding carboxylic acids is 2. The van der Waals surface area contributed by atoms with Crippen molar-refractivity contribution in [2.75, 3.05) is 18.0 Å². The van der Waals surface area contributed by atoms with E-state index in [0.29, 0.717) is 12.2 Å². The topological polar surface area (TPSA) is 96.0 Å². The monoisotopic (exact) mass is 571 g/mol. The van der Waals surface area contributed by atoms with E-state index in [-0.39, 0.29) is 34.1 Å². The average molecular weight is 572 g/mol. The van der Waals surface area contributed by atoms with Crippen LogP contribution in [-0.2, 0) is 26.2 Å². The van der Waals surface area contributed by atoms with Crippen molar-refractivity contribution in [2.45, 2.75) is 50.7 Å². The van der Waals surface area contributed by atoms with Gasteiger partial charge in [-0.25, -0.2) is 8.42 Å². The molecule has 0 aliphatic heterocycles. The lowest BCUT2D eigenvalue weighted by atomic mass is 10.1.